The van der Waals surface area contributed by atoms with Crippen molar-refractivity contribution in [3.05, 3.63) is 40.4 Å². The highest BCUT2D eigenvalue weighted by Gasteiger charge is 2.33. The topological polar surface area (TPSA) is 50.2 Å². The Morgan fingerprint density at radius 2 is 1.91 bits per heavy atom. The van der Waals surface area contributed by atoms with Crippen molar-refractivity contribution in [2.24, 2.45) is 0 Å². The van der Waals surface area contributed by atoms with Crippen LogP contribution in [0, 0.1) is 0 Å². The summed E-state index contributed by atoms with van der Waals surface area (Å²) < 4.78 is 40.6. The van der Waals surface area contributed by atoms with E-state index < -0.39 is 17.3 Å². The average molecular weight is 326 g/mol. The monoisotopic (exact) mass is 326 g/mol. The number of aromatic nitrogens is 2. The van der Waals surface area contributed by atoms with Crippen LogP contribution in [0.2, 0.25) is 0 Å². The van der Waals surface area contributed by atoms with E-state index in [4.69, 9.17) is 0 Å². The standard InChI is InChI=1S/C15H17F3N4O/c16-15(17,18)11-2-1-3-12-13(11)14(23)22(10-20-12)9-8-21-6-4-19-5-7-21/h1-3,10,19H,4-9H2. The van der Waals surface area contributed by atoms with Crippen molar-refractivity contribution in [1.82, 2.24) is 19.8 Å². The molecule has 0 saturated carbocycles. The third kappa shape index (κ3) is 3.37. The number of fused-ring (bicyclic) bond motifs is 1. The lowest BCUT2D eigenvalue weighted by Gasteiger charge is -2.27. The second-order valence-electron chi connectivity index (χ2n) is 5.53. The van der Waals surface area contributed by atoms with Crippen molar-refractivity contribution in [2.45, 2.75) is 12.7 Å². The number of hydrogen-bond donors (Lipinski definition) is 1. The van der Waals surface area contributed by atoms with Gasteiger partial charge in [-0.3, -0.25) is 14.3 Å². The van der Waals surface area contributed by atoms with Gasteiger partial charge < -0.3 is 5.32 Å². The number of nitrogens with one attached hydrogen (secondary N) is 1. The maximum Gasteiger partial charge on any atom is 0.417 e. The lowest BCUT2D eigenvalue weighted by atomic mass is 10.1. The molecule has 0 bridgehead atoms. The van der Waals surface area contributed by atoms with Crippen LogP contribution in [0.25, 0.3) is 10.9 Å². The first-order valence-corrected chi connectivity index (χ1v) is 7.45. The molecule has 2 aromatic rings. The molecule has 0 aliphatic carbocycles. The van der Waals surface area contributed by atoms with Crippen molar-refractivity contribution < 1.29 is 13.2 Å². The molecule has 1 N–H and O–H groups in total. The molecule has 1 saturated heterocycles. The predicted molar refractivity (Wildman–Crippen MR) is 80.3 cm³/mol. The highest BCUT2D eigenvalue weighted by molar-refractivity contribution is 5.81. The van der Waals surface area contributed by atoms with Crippen molar-refractivity contribution >= 4 is 10.9 Å². The first-order valence-electron chi connectivity index (χ1n) is 7.45. The Balaban J connectivity index is 1.93. The molecule has 1 aromatic heterocycles. The van der Waals surface area contributed by atoms with E-state index in [0.717, 1.165) is 32.2 Å². The van der Waals surface area contributed by atoms with Gasteiger partial charge in [-0.05, 0) is 12.1 Å². The number of hydrogen-bond acceptors (Lipinski definition) is 4. The van der Waals surface area contributed by atoms with Gasteiger partial charge >= 0.3 is 6.18 Å². The third-order valence-corrected chi connectivity index (χ3v) is 4.03. The molecule has 3 rings (SSSR count). The Labute approximate surface area is 130 Å². The second kappa shape index (κ2) is 6.29. The molecule has 0 amide bonds. The quantitative estimate of drug-likeness (QED) is 0.924. The molecule has 0 spiro atoms. The van der Waals surface area contributed by atoms with Gasteiger partial charge in [0, 0.05) is 39.3 Å². The zero-order valence-corrected chi connectivity index (χ0v) is 12.4. The van der Waals surface area contributed by atoms with Crippen LogP contribution in [0.15, 0.2) is 29.3 Å². The summed E-state index contributed by atoms with van der Waals surface area (Å²) in [5.41, 5.74) is -1.50. The Bertz CT molecular complexity index is 750. The summed E-state index contributed by atoms with van der Waals surface area (Å²) >= 11 is 0. The number of piperazine rings is 1. The van der Waals surface area contributed by atoms with E-state index in [2.05, 4.69) is 15.2 Å². The van der Waals surface area contributed by atoms with Crippen LogP contribution < -0.4 is 10.9 Å². The molecule has 1 aliphatic heterocycles. The molecule has 124 valence electrons. The molecule has 0 unspecified atom stereocenters. The fourth-order valence-corrected chi connectivity index (χ4v) is 2.78. The van der Waals surface area contributed by atoms with Gasteiger partial charge in [-0.25, -0.2) is 4.98 Å². The third-order valence-electron chi connectivity index (χ3n) is 4.03. The summed E-state index contributed by atoms with van der Waals surface area (Å²) in [5.74, 6) is 0. The predicted octanol–water partition coefficient (Wildman–Crippen LogP) is 1.32. The van der Waals surface area contributed by atoms with E-state index >= 15 is 0 Å². The van der Waals surface area contributed by atoms with Crippen molar-refractivity contribution in [3.63, 3.8) is 0 Å². The van der Waals surface area contributed by atoms with Gasteiger partial charge in [0.1, 0.15) is 0 Å². The fourth-order valence-electron chi connectivity index (χ4n) is 2.78. The average Bonchev–Trinajstić information content (AvgIpc) is 2.54. The van der Waals surface area contributed by atoms with E-state index in [1.165, 1.54) is 23.0 Å². The Kier molecular flexibility index (Phi) is 4.36. The fraction of sp³-hybridized carbons (Fsp3) is 0.467. The molecule has 2 heterocycles. The van der Waals surface area contributed by atoms with Gasteiger partial charge in [-0.1, -0.05) is 6.07 Å². The number of benzene rings is 1. The molecule has 23 heavy (non-hydrogen) atoms. The van der Waals surface area contributed by atoms with Crippen LogP contribution in [-0.2, 0) is 12.7 Å². The van der Waals surface area contributed by atoms with Gasteiger partial charge in [0.2, 0.25) is 0 Å². The van der Waals surface area contributed by atoms with E-state index in [-0.39, 0.29) is 10.9 Å². The van der Waals surface area contributed by atoms with Gasteiger partial charge in [-0.2, -0.15) is 13.2 Å². The Morgan fingerprint density at radius 3 is 2.61 bits per heavy atom. The first kappa shape index (κ1) is 15.9. The summed E-state index contributed by atoms with van der Waals surface area (Å²) in [6.45, 7) is 4.43. The van der Waals surface area contributed by atoms with Crippen molar-refractivity contribution in [2.75, 3.05) is 32.7 Å². The van der Waals surface area contributed by atoms with Crippen LogP contribution in [0.4, 0.5) is 13.2 Å². The van der Waals surface area contributed by atoms with Crippen LogP contribution in [0.5, 0.6) is 0 Å². The second-order valence-corrected chi connectivity index (χ2v) is 5.53. The number of rotatable bonds is 3. The highest BCUT2D eigenvalue weighted by Crippen LogP contribution is 2.32. The minimum absolute atomic E-state index is 0.0725. The molecule has 5 nitrogen and oxygen atoms in total. The molecular formula is C15H17F3N4O. The van der Waals surface area contributed by atoms with E-state index in [9.17, 15) is 18.0 Å². The Morgan fingerprint density at radius 1 is 1.17 bits per heavy atom. The summed E-state index contributed by atoms with van der Waals surface area (Å²) in [4.78, 5) is 18.6. The molecular weight excluding hydrogens is 309 g/mol. The van der Waals surface area contributed by atoms with E-state index in [1.54, 1.807) is 0 Å². The smallest absolute Gasteiger partial charge is 0.314 e. The molecule has 1 aliphatic rings. The maximum absolute atomic E-state index is 13.1. The number of halogens is 3. The summed E-state index contributed by atoms with van der Waals surface area (Å²) in [7, 11) is 0. The van der Waals surface area contributed by atoms with Crippen LogP contribution in [-0.4, -0.2) is 47.2 Å². The van der Waals surface area contributed by atoms with Crippen molar-refractivity contribution in [1.29, 1.82) is 0 Å². The normalized spacial score (nSPS) is 16.8. The van der Waals surface area contributed by atoms with E-state index in [1.807, 2.05) is 0 Å². The largest absolute Gasteiger partial charge is 0.417 e. The zero-order valence-electron chi connectivity index (χ0n) is 12.4. The molecule has 1 aromatic carbocycles. The zero-order chi connectivity index (χ0) is 16.4. The van der Waals surface area contributed by atoms with Crippen LogP contribution in [0.3, 0.4) is 0 Å². The first-order chi connectivity index (χ1) is 11.0. The van der Waals surface area contributed by atoms with Gasteiger partial charge in [0.05, 0.1) is 22.8 Å². The summed E-state index contributed by atoms with van der Waals surface area (Å²) in [5, 5.41) is 2.87. The SMILES string of the molecule is O=c1c2c(C(F)(F)F)cccc2ncn1CCN1CCNCC1. The Hall–Kier alpha value is -1.93. The lowest BCUT2D eigenvalue weighted by molar-refractivity contribution is -0.136. The van der Waals surface area contributed by atoms with Gasteiger partial charge in [-0.15, -0.1) is 0 Å². The van der Waals surface area contributed by atoms with E-state index in [0.29, 0.717) is 13.1 Å². The molecule has 0 atom stereocenters. The summed E-state index contributed by atoms with van der Waals surface area (Å²) in [6, 6.07) is 3.61. The van der Waals surface area contributed by atoms with Gasteiger partial charge in [0.25, 0.3) is 5.56 Å². The number of nitrogens with zero attached hydrogens (tertiary/aromatic N) is 3. The van der Waals surface area contributed by atoms with Gasteiger partial charge in [0.15, 0.2) is 0 Å². The summed E-state index contributed by atoms with van der Waals surface area (Å²) in [6.07, 6.45) is -3.24. The highest BCUT2D eigenvalue weighted by atomic mass is 19.4. The minimum Gasteiger partial charge on any atom is -0.314 e. The maximum atomic E-state index is 13.1. The minimum atomic E-state index is -4.57. The molecule has 8 heteroatoms. The van der Waals surface area contributed by atoms with Crippen LogP contribution in [0.1, 0.15) is 5.56 Å². The lowest BCUT2D eigenvalue weighted by Crippen LogP contribution is -2.45. The van der Waals surface area contributed by atoms with Crippen molar-refractivity contribution in [3.8, 4) is 0 Å². The molecule has 1 fully saturated rings. The molecule has 0 radical (unpaired) electrons. The van der Waals surface area contributed by atoms with Crippen LogP contribution >= 0.6 is 0 Å². The number of alkyl halides is 3.